The average molecular weight is 429 g/mol. The first-order valence-corrected chi connectivity index (χ1v) is 11.6. The third kappa shape index (κ3) is 6.65. The van der Waals surface area contributed by atoms with E-state index in [1.807, 2.05) is 41.0 Å². The highest BCUT2D eigenvalue weighted by Gasteiger charge is 2.23. The van der Waals surface area contributed by atoms with Gasteiger partial charge in [-0.05, 0) is 53.9 Å². The van der Waals surface area contributed by atoms with E-state index in [2.05, 4.69) is 34.0 Å². The first kappa shape index (κ1) is 22.5. The van der Waals surface area contributed by atoms with Gasteiger partial charge in [-0.3, -0.25) is 19.4 Å². The summed E-state index contributed by atoms with van der Waals surface area (Å²) in [5.41, 5.74) is 3.20. The summed E-state index contributed by atoms with van der Waals surface area (Å²) in [4.78, 5) is 31.6. The molecule has 6 nitrogen and oxygen atoms in total. The summed E-state index contributed by atoms with van der Waals surface area (Å²) >= 11 is 1.72. The van der Waals surface area contributed by atoms with Crippen LogP contribution in [0.5, 0.6) is 0 Å². The van der Waals surface area contributed by atoms with Crippen LogP contribution in [0.15, 0.2) is 41.1 Å². The second kappa shape index (κ2) is 11.2. The monoisotopic (exact) mass is 428 g/mol. The standard InChI is InChI=1S/C23H32N4O2S/c1-3-9-26(16-22(28)24-21-7-5-4-6-19(21)2)17-23(29)27-12-10-25(11-13-27)15-20-8-14-30-18-20/h4-8,14,18H,3,9-13,15-17H2,1-2H3,(H,24,28). The van der Waals surface area contributed by atoms with Crippen LogP contribution in [0.2, 0.25) is 0 Å². The number of nitrogens with one attached hydrogen (secondary N) is 1. The van der Waals surface area contributed by atoms with Crippen molar-refractivity contribution in [3.05, 3.63) is 52.2 Å². The lowest BCUT2D eigenvalue weighted by Crippen LogP contribution is -2.51. The molecule has 0 unspecified atom stereocenters. The quantitative estimate of drug-likeness (QED) is 0.667. The van der Waals surface area contributed by atoms with Gasteiger partial charge in [-0.2, -0.15) is 11.3 Å². The molecule has 1 aliphatic heterocycles. The molecule has 2 aromatic rings. The van der Waals surface area contributed by atoms with E-state index in [1.54, 1.807) is 11.3 Å². The summed E-state index contributed by atoms with van der Waals surface area (Å²) in [6, 6.07) is 9.90. The van der Waals surface area contributed by atoms with Gasteiger partial charge in [0.1, 0.15) is 0 Å². The Kier molecular flexibility index (Phi) is 8.42. The number of amides is 2. The Morgan fingerprint density at radius 3 is 2.53 bits per heavy atom. The number of hydrogen-bond acceptors (Lipinski definition) is 5. The minimum Gasteiger partial charge on any atom is -0.339 e. The second-order valence-corrected chi connectivity index (χ2v) is 8.64. The molecule has 2 heterocycles. The summed E-state index contributed by atoms with van der Waals surface area (Å²) in [6.07, 6.45) is 0.902. The van der Waals surface area contributed by atoms with Crippen molar-refractivity contribution in [2.24, 2.45) is 0 Å². The van der Waals surface area contributed by atoms with Crippen LogP contribution in [-0.4, -0.2) is 72.3 Å². The van der Waals surface area contributed by atoms with Crippen molar-refractivity contribution in [2.75, 3.05) is 51.1 Å². The predicted molar refractivity (Wildman–Crippen MR) is 123 cm³/mol. The fraction of sp³-hybridized carbons (Fsp3) is 0.478. The maximum Gasteiger partial charge on any atom is 0.238 e. The van der Waals surface area contributed by atoms with Crippen molar-refractivity contribution in [3.63, 3.8) is 0 Å². The van der Waals surface area contributed by atoms with Crippen LogP contribution in [0, 0.1) is 6.92 Å². The highest BCUT2D eigenvalue weighted by atomic mass is 32.1. The third-order valence-electron chi connectivity index (χ3n) is 5.40. The molecule has 0 radical (unpaired) electrons. The van der Waals surface area contributed by atoms with E-state index in [4.69, 9.17) is 0 Å². The molecule has 1 fully saturated rings. The van der Waals surface area contributed by atoms with Crippen molar-refractivity contribution in [2.45, 2.75) is 26.8 Å². The molecule has 30 heavy (non-hydrogen) atoms. The topological polar surface area (TPSA) is 55.9 Å². The Hall–Kier alpha value is -2.22. The van der Waals surface area contributed by atoms with Crippen molar-refractivity contribution in [1.82, 2.24) is 14.7 Å². The molecule has 0 aliphatic carbocycles. The van der Waals surface area contributed by atoms with E-state index in [0.29, 0.717) is 6.54 Å². The van der Waals surface area contributed by atoms with Gasteiger partial charge in [0.25, 0.3) is 0 Å². The SMILES string of the molecule is CCCN(CC(=O)Nc1ccccc1C)CC(=O)N1CCN(Cc2ccsc2)CC1. The van der Waals surface area contributed by atoms with E-state index >= 15 is 0 Å². The van der Waals surface area contributed by atoms with Crippen LogP contribution < -0.4 is 5.32 Å². The Morgan fingerprint density at radius 2 is 1.87 bits per heavy atom. The molecular weight excluding hydrogens is 396 g/mol. The number of rotatable bonds is 9. The molecule has 0 spiro atoms. The Morgan fingerprint density at radius 1 is 1.10 bits per heavy atom. The van der Waals surface area contributed by atoms with Crippen molar-refractivity contribution in [3.8, 4) is 0 Å². The minimum atomic E-state index is -0.0777. The second-order valence-electron chi connectivity index (χ2n) is 7.86. The zero-order chi connectivity index (χ0) is 21.3. The number of para-hydroxylation sites is 1. The molecule has 162 valence electrons. The number of piperazine rings is 1. The fourth-order valence-electron chi connectivity index (χ4n) is 3.72. The van der Waals surface area contributed by atoms with E-state index in [0.717, 1.165) is 56.9 Å². The number of hydrogen-bond donors (Lipinski definition) is 1. The Labute approximate surface area is 183 Å². The van der Waals surface area contributed by atoms with Gasteiger partial charge in [0.05, 0.1) is 13.1 Å². The normalized spacial score (nSPS) is 14.8. The van der Waals surface area contributed by atoms with Crippen LogP contribution in [0.4, 0.5) is 5.69 Å². The lowest BCUT2D eigenvalue weighted by atomic mass is 10.2. The van der Waals surface area contributed by atoms with Gasteiger partial charge in [-0.15, -0.1) is 0 Å². The zero-order valence-electron chi connectivity index (χ0n) is 18.0. The third-order valence-corrected chi connectivity index (χ3v) is 6.13. The lowest BCUT2D eigenvalue weighted by Gasteiger charge is -2.35. The first-order chi connectivity index (χ1) is 14.5. The number of nitrogens with zero attached hydrogens (tertiary/aromatic N) is 3. The molecule has 1 N–H and O–H groups in total. The van der Waals surface area contributed by atoms with Gasteiger partial charge in [0.2, 0.25) is 11.8 Å². The maximum absolute atomic E-state index is 12.8. The number of aryl methyl sites for hydroxylation is 1. The van der Waals surface area contributed by atoms with Gasteiger partial charge in [-0.25, -0.2) is 0 Å². The molecule has 0 saturated carbocycles. The Balaban J connectivity index is 1.46. The number of anilines is 1. The van der Waals surface area contributed by atoms with E-state index in [9.17, 15) is 9.59 Å². The van der Waals surface area contributed by atoms with Gasteiger partial charge in [0.15, 0.2) is 0 Å². The van der Waals surface area contributed by atoms with E-state index in [-0.39, 0.29) is 18.4 Å². The number of benzene rings is 1. The lowest BCUT2D eigenvalue weighted by molar-refractivity contribution is -0.134. The van der Waals surface area contributed by atoms with Crippen LogP contribution >= 0.6 is 11.3 Å². The summed E-state index contributed by atoms with van der Waals surface area (Å²) in [5.74, 6) is 0.0356. The van der Waals surface area contributed by atoms with Gasteiger partial charge >= 0.3 is 0 Å². The van der Waals surface area contributed by atoms with Crippen molar-refractivity contribution in [1.29, 1.82) is 0 Å². The molecule has 1 saturated heterocycles. The van der Waals surface area contributed by atoms with Crippen LogP contribution in [-0.2, 0) is 16.1 Å². The molecule has 2 amide bonds. The molecular formula is C23H32N4O2S. The van der Waals surface area contributed by atoms with Crippen LogP contribution in [0.3, 0.4) is 0 Å². The molecule has 0 atom stereocenters. The Bertz CT molecular complexity index is 816. The molecule has 1 aromatic carbocycles. The predicted octanol–water partition coefficient (Wildman–Crippen LogP) is 3.05. The zero-order valence-corrected chi connectivity index (χ0v) is 18.8. The van der Waals surface area contributed by atoms with Crippen LogP contribution in [0.25, 0.3) is 0 Å². The molecule has 1 aliphatic rings. The van der Waals surface area contributed by atoms with E-state index < -0.39 is 0 Å². The van der Waals surface area contributed by atoms with Gasteiger partial charge in [0, 0.05) is 38.4 Å². The highest BCUT2D eigenvalue weighted by molar-refractivity contribution is 7.07. The summed E-state index contributed by atoms with van der Waals surface area (Å²) in [5, 5.41) is 7.25. The molecule has 1 aromatic heterocycles. The molecule has 0 bridgehead atoms. The summed E-state index contributed by atoms with van der Waals surface area (Å²) in [6.45, 7) is 9.52. The van der Waals surface area contributed by atoms with Crippen LogP contribution in [0.1, 0.15) is 24.5 Å². The molecule has 7 heteroatoms. The van der Waals surface area contributed by atoms with E-state index in [1.165, 1.54) is 5.56 Å². The van der Waals surface area contributed by atoms with Gasteiger partial charge < -0.3 is 10.2 Å². The first-order valence-electron chi connectivity index (χ1n) is 10.6. The van der Waals surface area contributed by atoms with Crippen molar-refractivity contribution < 1.29 is 9.59 Å². The number of thiophene rings is 1. The molecule has 3 rings (SSSR count). The smallest absolute Gasteiger partial charge is 0.238 e. The summed E-state index contributed by atoms with van der Waals surface area (Å²) < 4.78 is 0. The van der Waals surface area contributed by atoms with Gasteiger partial charge in [-0.1, -0.05) is 25.1 Å². The van der Waals surface area contributed by atoms with Crippen molar-refractivity contribution >= 4 is 28.8 Å². The minimum absolute atomic E-state index is 0.0777. The highest BCUT2D eigenvalue weighted by Crippen LogP contribution is 2.14. The number of carbonyl (C=O) groups is 2. The maximum atomic E-state index is 12.8. The average Bonchev–Trinajstić information content (AvgIpc) is 3.23. The summed E-state index contributed by atoms with van der Waals surface area (Å²) in [7, 11) is 0. The fourth-order valence-corrected chi connectivity index (χ4v) is 4.38. The number of carbonyl (C=O) groups excluding carboxylic acids is 2. The largest absolute Gasteiger partial charge is 0.339 e.